The number of aromatic nitrogens is 1. The average molecular weight is 368 g/mol. The van der Waals surface area contributed by atoms with Gasteiger partial charge in [-0.15, -0.1) is 0 Å². The summed E-state index contributed by atoms with van der Waals surface area (Å²) in [5.41, 5.74) is 5.91. The molecule has 0 saturated heterocycles. The van der Waals surface area contributed by atoms with Gasteiger partial charge in [0, 0.05) is 11.9 Å². The maximum absolute atomic E-state index is 12.7. The van der Waals surface area contributed by atoms with Crippen LogP contribution in [0.5, 0.6) is 0 Å². The predicted molar refractivity (Wildman–Crippen MR) is 104 cm³/mol. The van der Waals surface area contributed by atoms with Crippen LogP contribution in [0.25, 0.3) is 10.9 Å². The lowest BCUT2D eigenvalue weighted by molar-refractivity contribution is -0.124. The number of amides is 1. The molecule has 0 spiro atoms. The molecule has 1 aliphatic rings. The lowest BCUT2D eigenvalue weighted by atomic mass is 9.89. The van der Waals surface area contributed by atoms with Crippen molar-refractivity contribution < 1.29 is 14.3 Å². The smallest absolute Gasteiger partial charge is 0.340 e. The van der Waals surface area contributed by atoms with Crippen molar-refractivity contribution in [2.75, 3.05) is 6.54 Å². The summed E-state index contributed by atoms with van der Waals surface area (Å²) >= 11 is 0. The second-order valence-corrected chi connectivity index (χ2v) is 7.25. The van der Waals surface area contributed by atoms with Crippen LogP contribution in [0, 0.1) is 5.92 Å². The van der Waals surface area contributed by atoms with Gasteiger partial charge in [0.2, 0.25) is 0 Å². The van der Waals surface area contributed by atoms with Gasteiger partial charge >= 0.3 is 5.97 Å². The molecule has 27 heavy (non-hydrogen) atoms. The van der Waals surface area contributed by atoms with Crippen LogP contribution in [0.1, 0.15) is 43.7 Å². The van der Waals surface area contributed by atoms with Crippen molar-refractivity contribution in [1.82, 2.24) is 10.3 Å². The van der Waals surface area contributed by atoms with Crippen LogP contribution in [0.4, 0.5) is 0 Å². The number of pyridine rings is 1. The number of para-hydroxylation sites is 1. The van der Waals surface area contributed by atoms with Crippen LogP contribution >= 0.6 is 0 Å². The topological polar surface area (TPSA) is 107 Å². The van der Waals surface area contributed by atoms with Gasteiger partial charge in [-0.3, -0.25) is 4.79 Å². The molecule has 1 aliphatic heterocycles. The minimum Gasteiger partial charge on any atom is -0.458 e. The molecule has 3 rings (SSSR count). The Balaban J connectivity index is 2.15. The van der Waals surface area contributed by atoms with Crippen LogP contribution in [0.3, 0.4) is 0 Å². The van der Waals surface area contributed by atoms with Gasteiger partial charge in [-0.1, -0.05) is 32.0 Å². The monoisotopic (exact) mass is 368 g/mol. The number of amidine groups is 1. The van der Waals surface area contributed by atoms with Gasteiger partial charge in [0.15, 0.2) is 5.84 Å². The molecular formula is C20H24N4O3. The molecule has 2 atom stereocenters. The number of aliphatic imine (C=N–C) groups is 1. The first kappa shape index (κ1) is 19.0. The lowest BCUT2D eigenvalue weighted by Crippen LogP contribution is -2.41. The Labute approximate surface area is 158 Å². The molecule has 3 N–H and O–H groups in total. The van der Waals surface area contributed by atoms with E-state index >= 15 is 0 Å². The molecule has 1 aromatic carbocycles. The Kier molecular flexibility index (Phi) is 4.97. The van der Waals surface area contributed by atoms with Gasteiger partial charge in [0.25, 0.3) is 5.91 Å². The molecule has 1 aromatic heterocycles. The number of ether oxygens (including phenoxy) is 1. The van der Waals surface area contributed by atoms with Crippen molar-refractivity contribution in [1.29, 1.82) is 0 Å². The third-order valence-corrected chi connectivity index (χ3v) is 4.97. The molecule has 1 amide bonds. The van der Waals surface area contributed by atoms with Crippen LogP contribution in [0.2, 0.25) is 0 Å². The molecule has 7 nitrogen and oxygen atoms in total. The number of nitrogens with one attached hydrogen (secondary N) is 1. The third-order valence-electron chi connectivity index (χ3n) is 4.97. The van der Waals surface area contributed by atoms with E-state index in [1.165, 1.54) is 0 Å². The summed E-state index contributed by atoms with van der Waals surface area (Å²) in [6, 6.07) is 9.15. The van der Waals surface area contributed by atoms with E-state index in [4.69, 9.17) is 10.5 Å². The van der Waals surface area contributed by atoms with Crippen molar-refractivity contribution in [3.05, 3.63) is 41.6 Å². The Morgan fingerprint density at radius 3 is 2.63 bits per heavy atom. The van der Waals surface area contributed by atoms with E-state index in [0.717, 1.165) is 5.39 Å². The standard InChI is InChI=1S/C20H24N4O3/c1-11(2)20(4)19(26)23-17(24-20)16-14(18(25)27-12(3)10-21)9-13-7-5-6-8-15(13)22-16/h5-9,11-12H,10,21H2,1-4H3,(H,23,24,26). The van der Waals surface area contributed by atoms with Gasteiger partial charge < -0.3 is 15.8 Å². The lowest BCUT2D eigenvalue weighted by Gasteiger charge is -2.21. The first-order valence-corrected chi connectivity index (χ1v) is 8.98. The minimum atomic E-state index is -0.908. The van der Waals surface area contributed by atoms with Gasteiger partial charge in [0.1, 0.15) is 17.3 Å². The number of nitrogens with zero attached hydrogens (tertiary/aromatic N) is 2. The van der Waals surface area contributed by atoms with E-state index in [0.29, 0.717) is 11.2 Å². The maximum Gasteiger partial charge on any atom is 0.340 e. The number of rotatable bonds is 5. The molecule has 0 bridgehead atoms. The molecule has 2 heterocycles. The van der Waals surface area contributed by atoms with Crippen molar-refractivity contribution in [3.8, 4) is 0 Å². The zero-order valence-electron chi connectivity index (χ0n) is 15.9. The SMILES string of the molecule is CC(CN)OC(=O)c1cc2ccccc2nc1C1=NC(C)(C(C)C)C(=O)N1. The zero-order valence-corrected chi connectivity index (χ0v) is 15.9. The number of esters is 1. The van der Waals surface area contributed by atoms with Gasteiger partial charge in [-0.05, 0) is 31.9 Å². The molecular weight excluding hydrogens is 344 g/mol. The first-order chi connectivity index (χ1) is 12.8. The summed E-state index contributed by atoms with van der Waals surface area (Å²) in [7, 11) is 0. The van der Waals surface area contributed by atoms with E-state index in [2.05, 4.69) is 15.3 Å². The summed E-state index contributed by atoms with van der Waals surface area (Å²) in [5, 5.41) is 3.58. The molecule has 0 aliphatic carbocycles. The van der Waals surface area contributed by atoms with E-state index < -0.39 is 17.6 Å². The molecule has 2 aromatic rings. The van der Waals surface area contributed by atoms with Crippen molar-refractivity contribution >= 4 is 28.6 Å². The Hall–Kier alpha value is -2.80. The van der Waals surface area contributed by atoms with Gasteiger partial charge in [0.05, 0.1) is 11.1 Å². The Bertz CT molecular complexity index is 938. The Morgan fingerprint density at radius 1 is 1.30 bits per heavy atom. The highest BCUT2D eigenvalue weighted by atomic mass is 16.5. The van der Waals surface area contributed by atoms with E-state index in [1.54, 1.807) is 19.9 Å². The largest absolute Gasteiger partial charge is 0.458 e. The van der Waals surface area contributed by atoms with E-state index in [-0.39, 0.29) is 29.8 Å². The fourth-order valence-corrected chi connectivity index (χ4v) is 2.79. The highest BCUT2D eigenvalue weighted by Gasteiger charge is 2.43. The number of carbonyl (C=O) groups excluding carboxylic acids is 2. The molecule has 0 fully saturated rings. The number of nitrogens with two attached hydrogens (primary N) is 1. The number of carbonyl (C=O) groups is 2. The summed E-state index contributed by atoms with van der Waals surface area (Å²) in [5.74, 6) is -0.481. The predicted octanol–water partition coefficient (Wildman–Crippen LogP) is 2.03. The highest BCUT2D eigenvalue weighted by Crippen LogP contribution is 2.28. The van der Waals surface area contributed by atoms with E-state index in [9.17, 15) is 9.59 Å². The minimum absolute atomic E-state index is 0.0110. The van der Waals surface area contributed by atoms with Gasteiger partial charge in [-0.2, -0.15) is 0 Å². The first-order valence-electron chi connectivity index (χ1n) is 8.98. The van der Waals surface area contributed by atoms with Crippen molar-refractivity contribution in [3.63, 3.8) is 0 Å². The summed E-state index contributed by atoms with van der Waals surface area (Å²) in [4.78, 5) is 34.4. The van der Waals surface area contributed by atoms with Crippen LogP contribution in [-0.4, -0.2) is 40.9 Å². The molecule has 2 unspecified atom stereocenters. The summed E-state index contributed by atoms with van der Waals surface area (Å²) in [6.07, 6.45) is -0.433. The zero-order chi connectivity index (χ0) is 19.8. The van der Waals surface area contributed by atoms with Crippen LogP contribution in [0.15, 0.2) is 35.3 Å². The summed E-state index contributed by atoms with van der Waals surface area (Å²) < 4.78 is 5.39. The third kappa shape index (κ3) is 3.42. The van der Waals surface area contributed by atoms with Crippen molar-refractivity contribution in [2.45, 2.75) is 39.3 Å². The second-order valence-electron chi connectivity index (χ2n) is 7.25. The molecule has 142 valence electrons. The van der Waals surface area contributed by atoms with Gasteiger partial charge in [-0.25, -0.2) is 14.8 Å². The average Bonchev–Trinajstić information content (AvgIpc) is 2.96. The molecule has 7 heteroatoms. The molecule has 0 saturated carbocycles. The number of hydrogen-bond donors (Lipinski definition) is 2. The summed E-state index contributed by atoms with van der Waals surface area (Å²) in [6.45, 7) is 7.56. The number of benzene rings is 1. The normalized spacial score (nSPS) is 20.5. The molecule has 0 radical (unpaired) electrons. The fraction of sp³-hybridized carbons (Fsp3) is 0.400. The maximum atomic E-state index is 12.7. The Morgan fingerprint density at radius 2 is 2.00 bits per heavy atom. The van der Waals surface area contributed by atoms with Crippen LogP contribution < -0.4 is 11.1 Å². The highest BCUT2D eigenvalue weighted by molar-refractivity contribution is 6.18. The fourth-order valence-electron chi connectivity index (χ4n) is 2.79. The van der Waals surface area contributed by atoms with Crippen LogP contribution in [-0.2, 0) is 9.53 Å². The van der Waals surface area contributed by atoms with E-state index in [1.807, 2.05) is 38.1 Å². The number of fused-ring (bicyclic) bond motifs is 1. The second kappa shape index (κ2) is 7.08. The quantitative estimate of drug-likeness (QED) is 0.786. The number of hydrogen-bond acceptors (Lipinski definition) is 6. The van der Waals surface area contributed by atoms with Crippen molar-refractivity contribution in [2.24, 2.45) is 16.6 Å².